The molecule has 0 aliphatic carbocycles. The van der Waals surface area contributed by atoms with Crippen LogP contribution in [-0.2, 0) is 16.0 Å². The van der Waals surface area contributed by atoms with Gasteiger partial charge in [-0.15, -0.1) is 0 Å². The highest BCUT2D eigenvalue weighted by atomic mass is 16.5. The Morgan fingerprint density at radius 1 is 1.59 bits per heavy atom. The van der Waals surface area contributed by atoms with Crippen LogP contribution in [0.2, 0.25) is 0 Å². The number of nitrogens with zero attached hydrogens (tertiary/aromatic N) is 2. The summed E-state index contributed by atoms with van der Waals surface area (Å²) in [5, 5.41) is 4.41. The van der Waals surface area contributed by atoms with Crippen LogP contribution in [0.3, 0.4) is 0 Å². The molecule has 0 aromatic carbocycles. The molecule has 0 saturated heterocycles. The second-order valence-electron chi connectivity index (χ2n) is 4.36. The topological polar surface area (TPSA) is 44.1 Å². The zero-order valence-corrected chi connectivity index (χ0v) is 11.0. The van der Waals surface area contributed by atoms with Crippen LogP contribution >= 0.6 is 0 Å². The average Bonchev–Trinajstić information content (AvgIpc) is 2.77. The van der Waals surface area contributed by atoms with E-state index in [4.69, 9.17) is 4.74 Å². The Labute approximate surface area is 103 Å². The molecule has 1 unspecified atom stereocenters. The van der Waals surface area contributed by atoms with Gasteiger partial charge in [-0.2, -0.15) is 5.10 Å². The van der Waals surface area contributed by atoms with Crippen LogP contribution in [0.25, 0.3) is 0 Å². The molecule has 1 atom stereocenters. The lowest BCUT2D eigenvalue weighted by Gasteiger charge is -2.07. The van der Waals surface area contributed by atoms with Crippen molar-refractivity contribution in [2.75, 3.05) is 13.7 Å². The van der Waals surface area contributed by atoms with E-state index in [2.05, 4.69) is 18.9 Å². The van der Waals surface area contributed by atoms with E-state index >= 15 is 0 Å². The van der Waals surface area contributed by atoms with E-state index in [9.17, 15) is 4.79 Å². The Hall–Kier alpha value is -1.16. The molecule has 0 aliphatic heterocycles. The van der Waals surface area contributed by atoms with Gasteiger partial charge in [-0.3, -0.25) is 9.48 Å². The van der Waals surface area contributed by atoms with E-state index in [0.29, 0.717) is 25.5 Å². The van der Waals surface area contributed by atoms with Crippen LogP contribution < -0.4 is 0 Å². The molecule has 0 radical (unpaired) electrons. The van der Waals surface area contributed by atoms with E-state index in [0.717, 1.165) is 18.5 Å². The van der Waals surface area contributed by atoms with Gasteiger partial charge >= 0.3 is 0 Å². The van der Waals surface area contributed by atoms with Crippen molar-refractivity contribution in [2.24, 2.45) is 0 Å². The fourth-order valence-electron chi connectivity index (χ4n) is 1.61. The van der Waals surface area contributed by atoms with Crippen LogP contribution in [-0.4, -0.2) is 29.3 Å². The molecule has 0 fully saturated rings. The first-order valence-corrected chi connectivity index (χ1v) is 6.22. The van der Waals surface area contributed by atoms with Crippen molar-refractivity contribution in [2.45, 2.75) is 45.6 Å². The lowest BCUT2D eigenvalue weighted by Crippen LogP contribution is -2.08. The molecule has 0 spiro atoms. The third-order valence-corrected chi connectivity index (χ3v) is 2.89. The molecule has 0 amide bonds. The lowest BCUT2D eigenvalue weighted by molar-refractivity contribution is -0.118. The first-order chi connectivity index (χ1) is 8.17. The highest BCUT2D eigenvalue weighted by Gasteiger charge is 2.08. The summed E-state index contributed by atoms with van der Waals surface area (Å²) in [6.45, 7) is 4.89. The Morgan fingerprint density at radius 2 is 2.35 bits per heavy atom. The largest absolute Gasteiger partial charge is 0.385 e. The highest BCUT2D eigenvalue weighted by molar-refractivity contribution is 5.80. The summed E-state index contributed by atoms with van der Waals surface area (Å²) >= 11 is 0. The molecule has 4 nitrogen and oxygen atoms in total. The SMILES string of the molecule is CCC(C)n1ccc(CC(=O)CCCOC)n1. The molecule has 1 aromatic heterocycles. The lowest BCUT2D eigenvalue weighted by atomic mass is 10.1. The van der Waals surface area contributed by atoms with Gasteiger partial charge in [-0.1, -0.05) is 6.92 Å². The summed E-state index contributed by atoms with van der Waals surface area (Å²) in [4.78, 5) is 11.6. The van der Waals surface area contributed by atoms with Crippen molar-refractivity contribution in [3.05, 3.63) is 18.0 Å². The molecule has 0 aliphatic rings. The fourth-order valence-corrected chi connectivity index (χ4v) is 1.61. The number of hydrogen-bond acceptors (Lipinski definition) is 3. The van der Waals surface area contributed by atoms with Gasteiger partial charge in [-0.05, 0) is 25.8 Å². The van der Waals surface area contributed by atoms with Gasteiger partial charge < -0.3 is 4.74 Å². The number of ether oxygens (including phenoxy) is 1. The standard InChI is InChI=1S/C13H22N2O2/c1-4-11(2)15-8-7-12(14-15)10-13(16)6-5-9-17-3/h7-8,11H,4-6,9-10H2,1-3H3. The smallest absolute Gasteiger partial charge is 0.139 e. The Balaban J connectivity index is 2.40. The molecular formula is C13H22N2O2. The second-order valence-corrected chi connectivity index (χ2v) is 4.36. The van der Waals surface area contributed by atoms with Crippen LogP contribution in [0.1, 0.15) is 44.8 Å². The number of carbonyl (C=O) groups is 1. The fraction of sp³-hybridized carbons (Fsp3) is 0.692. The van der Waals surface area contributed by atoms with Crippen molar-refractivity contribution in [3.8, 4) is 0 Å². The second kappa shape index (κ2) is 7.22. The average molecular weight is 238 g/mol. The Morgan fingerprint density at radius 3 is 3.00 bits per heavy atom. The minimum atomic E-state index is 0.233. The third kappa shape index (κ3) is 4.69. The Kier molecular flexibility index (Phi) is 5.91. The van der Waals surface area contributed by atoms with Crippen molar-refractivity contribution < 1.29 is 9.53 Å². The van der Waals surface area contributed by atoms with Crippen LogP contribution in [0.15, 0.2) is 12.3 Å². The number of ketones is 1. The van der Waals surface area contributed by atoms with Gasteiger partial charge in [-0.25, -0.2) is 0 Å². The number of rotatable bonds is 8. The molecule has 0 bridgehead atoms. The molecule has 96 valence electrons. The number of Topliss-reactive ketones (excluding diaryl/α,β-unsaturated/α-hetero) is 1. The molecule has 0 saturated carbocycles. The van der Waals surface area contributed by atoms with Crippen molar-refractivity contribution in [3.63, 3.8) is 0 Å². The van der Waals surface area contributed by atoms with Gasteiger partial charge in [0.05, 0.1) is 12.1 Å². The molecule has 1 heterocycles. The van der Waals surface area contributed by atoms with E-state index in [1.54, 1.807) is 7.11 Å². The summed E-state index contributed by atoms with van der Waals surface area (Å²) in [7, 11) is 1.65. The minimum absolute atomic E-state index is 0.233. The predicted octanol–water partition coefficient (Wildman–Crippen LogP) is 2.39. The van der Waals surface area contributed by atoms with Crippen LogP contribution in [0.5, 0.6) is 0 Å². The zero-order chi connectivity index (χ0) is 12.7. The third-order valence-electron chi connectivity index (χ3n) is 2.89. The number of aromatic nitrogens is 2. The quantitative estimate of drug-likeness (QED) is 0.653. The normalized spacial score (nSPS) is 12.6. The molecule has 0 N–H and O–H groups in total. The van der Waals surface area contributed by atoms with Gasteiger partial charge in [0.1, 0.15) is 5.78 Å². The number of methoxy groups -OCH3 is 1. The number of carbonyl (C=O) groups excluding carboxylic acids is 1. The van der Waals surface area contributed by atoms with Crippen molar-refractivity contribution in [1.82, 2.24) is 9.78 Å². The molecule has 1 rings (SSSR count). The van der Waals surface area contributed by atoms with Gasteiger partial charge in [0, 0.05) is 32.4 Å². The number of hydrogen-bond donors (Lipinski definition) is 0. The maximum Gasteiger partial charge on any atom is 0.139 e. The maximum absolute atomic E-state index is 11.6. The van der Waals surface area contributed by atoms with Gasteiger partial charge in [0.2, 0.25) is 0 Å². The summed E-state index contributed by atoms with van der Waals surface area (Å²) in [6, 6.07) is 2.33. The van der Waals surface area contributed by atoms with E-state index in [1.165, 1.54) is 0 Å². The van der Waals surface area contributed by atoms with E-state index in [1.807, 2.05) is 16.9 Å². The molecule has 1 aromatic rings. The summed E-state index contributed by atoms with van der Waals surface area (Å²) in [5.41, 5.74) is 0.868. The zero-order valence-electron chi connectivity index (χ0n) is 11.0. The van der Waals surface area contributed by atoms with Crippen LogP contribution in [0, 0.1) is 0 Å². The highest BCUT2D eigenvalue weighted by Crippen LogP contribution is 2.10. The van der Waals surface area contributed by atoms with Crippen molar-refractivity contribution >= 4 is 5.78 Å². The molecular weight excluding hydrogens is 216 g/mol. The van der Waals surface area contributed by atoms with Gasteiger partial charge in [0.25, 0.3) is 0 Å². The summed E-state index contributed by atoms with van der Waals surface area (Å²) in [6.07, 6.45) is 4.80. The van der Waals surface area contributed by atoms with E-state index < -0.39 is 0 Å². The van der Waals surface area contributed by atoms with E-state index in [-0.39, 0.29) is 5.78 Å². The van der Waals surface area contributed by atoms with Crippen LogP contribution in [0.4, 0.5) is 0 Å². The maximum atomic E-state index is 11.6. The monoisotopic (exact) mass is 238 g/mol. The molecule has 17 heavy (non-hydrogen) atoms. The molecule has 4 heteroatoms. The Bertz CT molecular complexity index is 347. The summed E-state index contributed by atoms with van der Waals surface area (Å²) in [5.74, 6) is 0.233. The van der Waals surface area contributed by atoms with Crippen molar-refractivity contribution in [1.29, 1.82) is 0 Å². The first kappa shape index (κ1) is 13.9. The summed E-state index contributed by atoms with van der Waals surface area (Å²) < 4.78 is 6.85. The van der Waals surface area contributed by atoms with Gasteiger partial charge in [0.15, 0.2) is 0 Å². The predicted molar refractivity (Wildman–Crippen MR) is 67.1 cm³/mol. The minimum Gasteiger partial charge on any atom is -0.385 e. The first-order valence-electron chi connectivity index (χ1n) is 6.22.